The largest absolute Gasteiger partial charge is 0.374 e. The molecule has 1 heterocycles. The summed E-state index contributed by atoms with van der Waals surface area (Å²) in [6.45, 7) is 5.53. The molecule has 0 radical (unpaired) electrons. The van der Waals surface area contributed by atoms with E-state index in [9.17, 15) is 4.79 Å². The van der Waals surface area contributed by atoms with Gasteiger partial charge in [-0.2, -0.15) is 0 Å². The van der Waals surface area contributed by atoms with Crippen molar-refractivity contribution >= 4 is 17.5 Å². The molecule has 1 aliphatic rings. The van der Waals surface area contributed by atoms with Gasteiger partial charge in [0.2, 0.25) is 5.91 Å². The van der Waals surface area contributed by atoms with E-state index in [4.69, 9.17) is 16.3 Å². The molecule has 0 aliphatic carbocycles. The number of rotatable bonds is 6. The second kappa shape index (κ2) is 8.64. The minimum absolute atomic E-state index is 0.0293. The Hall–Kier alpha value is -1.14. The number of halogens is 1. The van der Waals surface area contributed by atoms with Crippen LogP contribution in [0.4, 0.5) is 0 Å². The number of benzene rings is 1. The highest BCUT2D eigenvalue weighted by atomic mass is 35.5. The number of nitrogens with one attached hydrogen (secondary N) is 1. The fourth-order valence-electron chi connectivity index (χ4n) is 2.77. The number of ether oxygens (including phenoxy) is 1. The molecule has 5 nitrogen and oxygen atoms in total. The van der Waals surface area contributed by atoms with Crippen LogP contribution in [0.3, 0.4) is 0 Å². The third-order valence-corrected chi connectivity index (χ3v) is 4.16. The van der Waals surface area contributed by atoms with Crippen LogP contribution in [0.2, 0.25) is 5.02 Å². The summed E-state index contributed by atoms with van der Waals surface area (Å²) < 4.78 is 5.73. The molecule has 2 unspecified atom stereocenters. The van der Waals surface area contributed by atoms with Gasteiger partial charge in [0, 0.05) is 24.7 Å². The predicted octanol–water partition coefficient (Wildman–Crippen LogP) is 1.78. The highest BCUT2D eigenvalue weighted by Crippen LogP contribution is 2.16. The van der Waals surface area contributed by atoms with Crippen LogP contribution in [0.5, 0.6) is 0 Å². The summed E-state index contributed by atoms with van der Waals surface area (Å²) >= 11 is 5.89. The molecule has 6 heteroatoms. The van der Waals surface area contributed by atoms with E-state index in [0.29, 0.717) is 18.2 Å². The second-order valence-electron chi connectivity index (χ2n) is 6.33. The number of morpholine rings is 1. The van der Waals surface area contributed by atoms with Crippen molar-refractivity contribution in [3.63, 3.8) is 0 Å². The first-order chi connectivity index (χ1) is 10.9. The summed E-state index contributed by atoms with van der Waals surface area (Å²) in [7, 11) is 4.06. The zero-order valence-corrected chi connectivity index (χ0v) is 14.8. The van der Waals surface area contributed by atoms with Crippen LogP contribution in [0.1, 0.15) is 18.5 Å². The average Bonchev–Trinajstić information content (AvgIpc) is 2.47. The van der Waals surface area contributed by atoms with Gasteiger partial charge in [-0.25, -0.2) is 0 Å². The number of carbonyl (C=O) groups excluding carboxylic acids is 1. The van der Waals surface area contributed by atoms with Gasteiger partial charge >= 0.3 is 0 Å². The minimum Gasteiger partial charge on any atom is -0.374 e. The Bertz CT molecular complexity index is 507. The lowest BCUT2D eigenvalue weighted by Gasteiger charge is -2.33. The van der Waals surface area contributed by atoms with E-state index < -0.39 is 0 Å². The lowest BCUT2D eigenvalue weighted by atomic mass is 10.1. The summed E-state index contributed by atoms with van der Waals surface area (Å²) in [5.41, 5.74) is 1.05. The summed E-state index contributed by atoms with van der Waals surface area (Å²) in [6.07, 6.45) is 0.167. The molecule has 2 atom stereocenters. The van der Waals surface area contributed by atoms with E-state index in [2.05, 4.69) is 15.1 Å². The number of hydrogen-bond donors (Lipinski definition) is 1. The molecule has 1 aromatic carbocycles. The molecular formula is C17H26ClN3O2. The molecule has 1 N–H and O–H groups in total. The number of carbonyl (C=O) groups is 1. The van der Waals surface area contributed by atoms with Crippen LogP contribution in [0.15, 0.2) is 24.3 Å². The second-order valence-corrected chi connectivity index (χ2v) is 6.77. The SMILES string of the molecule is CC(NC(=O)CN1CCOC(CN(C)C)C1)c1ccc(Cl)cc1. The molecule has 1 fully saturated rings. The highest BCUT2D eigenvalue weighted by molar-refractivity contribution is 6.30. The Morgan fingerprint density at radius 1 is 1.43 bits per heavy atom. The maximum Gasteiger partial charge on any atom is 0.234 e. The lowest BCUT2D eigenvalue weighted by molar-refractivity contribution is -0.125. The predicted molar refractivity (Wildman–Crippen MR) is 92.7 cm³/mol. The Morgan fingerprint density at radius 3 is 2.78 bits per heavy atom. The van der Waals surface area contributed by atoms with Crippen LogP contribution in [0.25, 0.3) is 0 Å². The van der Waals surface area contributed by atoms with Crippen molar-refractivity contribution in [1.29, 1.82) is 0 Å². The first kappa shape index (κ1) is 18.2. The van der Waals surface area contributed by atoms with E-state index in [1.807, 2.05) is 45.3 Å². The van der Waals surface area contributed by atoms with Crippen LogP contribution in [-0.2, 0) is 9.53 Å². The first-order valence-electron chi connectivity index (χ1n) is 7.97. The Morgan fingerprint density at radius 2 is 2.13 bits per heavy atom. The maximum absolute atomic E-state index is 12.3. The van der Waals surface area contributed by atoms with Crippen molar-refractivity contribution in [2.24, 2.45) is 0 Å². The lowest BCUT2D eigenvalue weighted by Crippen LogP contribution is -2.49. The van der Waals surface area contributed by atoms with E-state index in [1.54, 1.807) is 0 Å². The van der Waals surface area contributed by atoms with Gasteiger partial charge in [0.15, 0.2) is 0 Å². The smallest absolute Gasteiger partial charge is 0.234 e. The number of hydrogen-bond acceptors (Lipinski definition) is 4. The summed E-state index contributed by atoms with van der Waals surface area (Å²) in [5, 5.41) is 3.75. The zero-order valence-electron chi connectivity index (χ0n) is 14.1. The van der Waals surface area contributed by atoms with E-state index in [0.717, 1.165) is 25.2 Å². The van der Waals surface area contributed by atoms with Crippen LogP contribution < -0.4 is 5.32 Å². The summed E-state index contributed by atoms with van der Waals surface area (Å²) in [4.78, 5) is 16.5. The number of nitrogens with zero attached hydrogens (tertiary/aromatic N) is 2. The molecule has 1 amide bonds. The van der Waals surface area contributed by atoms with E-state index in [1.165, 1.54) is 0 Å². The van der Waals surface area contributed by atoms with Gasteiger partial charge in [-0.3, -0.25) is 9.69 Å². The molecule has 0 spiro atoms. The quantitative estimate of drug-likeness (QED) is 0.858. The van der Waals surface area contributed by atoms with Gasteiger partial charge in [-0.15, -0.1) is 0 Å². The Kier molecular flexibility index (Phi) is 6.84. The van der Waals surface area contributed by atoms with Gasteiger partial charge in [0.05, 0.1) is 25.3 Å². The molecule has 1 saturated heterocycles. The van der Waals surface area contributed by atoms with Crippen LogP contribution in [0, 0.1) is 0 Å². The van der Waals surface area contributed by atoms with Gasteiger partial charge in [-0.1, -0.05) is 23.7 Å². The van der Waals surface area contributed by atoms with Crippen molar-refractivity contribution in [2.75, 3.05) is 46.9 Å². The monoisotopic (exact) mass is 339 g/mol. The standard InChI is InChI=1S/C17H26ClN3O2/c1-13(14-4-6-15(18)7-5-14)19-17(22)12-21-8-9-23-16(11-21)10-20(2)3/h4-7,13,16H,8-12H2,1-3H3,(H,19,22). The van der Waals surface area contributed by atoms with Crippen LogP contribution in [-0.4, -0.2) is 68.7 Å². The molecule has 0 saturated carbocycles. The van der Waals surface area contributed by atoms with Crippen molar-refractivity contribution in [2.45, 2.75) is 19.1 Å². The Labute approximate surface area is 143 Å². The third kappa shape index (κ3) is 6.11. The first-order valence-corrected chi connectivity index (χ1v) is 8.35. The normalized spacial score (nSPS) is 20.5. The fraction of sp³-hybridized carbons (Fsp3) is 0.588. The summed E-state index contributed by atoms with van der Waals surface area (Å²) in [5.74, 6) is 0.0398. The van der Waals surface area contributed by atoms with Crippen molar-refractivity contribution in [3.8, 4) is 0 Å². The maximum atomic E-state index is 12.3. The molecular weight excluding hydrogens is 314 g/mol. The van der Waals surface area contributed by atoms with Crippen molar-refractivity contribution in [3.05, 3.63) is 34.9 Å². The van der Waals surface area contributed by atoms with Gasteiger partial charge in [0.25, 0.3) is 0 Å². The van der Waals surface area contributed by atoms with Gasteiger partial charge in [0.1, 0.15) is 0 Å². The molecule has 0 aromatic heterocycles. The van der Waals surface area contributed by atoms with Crippen molar-refractivity contribution in [1.82, 2.24) is 15.1 Å². The Balaban J connectivity index is 1.80. The number of amides is 1. The zero-order chi connectivity index (χ0) is 16.8. The van der Waals surface area contributed by atoms with Crippen LogP contribution >= 0.6 is 11.6 Å². The van der Waals surface area contributed by atoms with E-state index >= 15 is 0 Å². The minimum atomic E-state index is -0.0293. The topological polar surface area (TPSA) is 44.8 Å². The van der Waals surface area contributed by atoms with E-state index in [-0.39, 0.29) is 18.1 Å². The molecule has 128 valence electrons. The molecule has 1 aromatic rings. The average molecular weight is 340 g/mol. The highest BCUT2D eigenvalue weighted by Gasteiger charge is 2.23. The van der Waals surface area contributed by atoms with Crippen molar-refractivity contribution < 1.29 is 9.53 Å². The third-order valence-electron chi connectivity index (χ3n) is 3.91. The fourth-order valence-corrected chi connectivity index (χ4v) is 2.89. The summed E-state index contributed by atoms with van der Waals surface area (Å²) in [6, 6.07) is 7.53. The number of likely N-dealkylation sites (N-methyl/N-ethyl adjacent to an activating group) is 1. The van der Waals surface area contributed by atoms with Gasteiger partial charge < -0.3 is 15.0 Å². The molecule has 1 aliphatic heterocycles. The van der Waals surface area contributed by atoms with Gasteiger partial charge in [-0.05, 0) is 38.7 Å². The molecule has 0 bridgehead atoms. The molecule has 2 rings (SSSR count). The molecule has 23 heavy (non-hydrogen) atoms.